The number of rotatable bonds is 57. The second-order valence-electron chi connectivity index (χ2n) is 20.9. The first kappa shape index (κ1) is 75.0. The molecule has 0 saturated heterocycles. The summed E-state index contributed by atoms with van der Waals surface area (Å²) in [7, 11) is 0. The highest BCUT2D eigenvalue weighted by atomic mass is 16.6. The SMILES string of the molecule is CC/C=C\C/C=C\C/C=C\C/C=C\C/C=C\C/C=C\CCCCCCCCCCCCC(=O)OCC(COC(=O)CCCCCCC/C=C\C/C=C\CCCC)OC(=O)CCCCC/C=C\C/C=C\C/C=C\C/C=C\C/C=C\CC. The molecule has 0 aromatic rings. The highest BCUT2D eigenvalue weighted by Crippen LogP contribution is 2.15. The van der Waals surface area contributed by atoms with Crippen LogP contribution in [0.4, 0.5) is 0 Å². The van der Waals surface area contributed by atoms with Gasteiger partial charge in [-0.05, 0) is 141 Å². The zero-order valence-electron chi connectivity index (χ0n) is 51.5. The third-order valence-electron chi connectivity index (χ3n) is 13.2. The minimum atomic E-state index is -0.812. The fourth-order valence-corrected chi connectivity index (χ4v) is 8.43. The van der Waals surface area contributed by atoms with Crippen LogP contribution in [-0.2, 0) is 28.6 Å². The fourth-order valence-electron chi connectivity index (χ4n) is 8.43. The Morgan fingerprint density at radius 1 is 0.263 bits per heavy atom. The summed E-state index contributed by atoms with van der Waals surface area (Å²) in [5, 5.41) is 0. The van der Waals surface area contributed by atoms with Gasteiger partial charge in [-0.1, -0.05) is 269 Å². The van der Waals surface area contributed by atoms with Crippen LogP contribution in [0.2, 0.25) is 0 Å². The van der Waals surface area contributed by atoms with E-state index < -0.39 is 6.10 Å². The van der Waals surface area contributed by atoms with Crippen molar-refractivity contribution in [1.29, 1.82) is 0 Å². The summed E-state index contributed by atoms with van der Waals surface area (Å²) in [6.45, 7) is 6.33. The van der Waals surface area contributed by atoms with Crippen LogP contribution in [0.25, 0.3) is 0 Å². The first-order valence-electron chi connectivity index (χ1n) is 32.5. The molecule has 0 aromatic heterocycles. The van der Waals surface area contributed by atoms with Crippen molar-refractivity contribution in [3.63, 3.8) is 0 Å². The summed E-state index contributed by atoms with van der Waals surface area (Å²) in [5.41, 5.74) is 0. The maximum absolute atomic E-state index is 12.9. The molecule has 0 spiro atoms. The predicted octanol–water partition coefficient (Wildman–Crippen LogP) is 22.5. The van der Waals surface area contributed by atoms with E-state index >= 15 is 0 Å². The van der Waals surface area contributed by atoms with Crippen LogP contribution in [0, 0.1) is 0 Å². The molecule has 450 valence electrons. The molecule has 0 rings (SSSR count). The minimum Gasteiger partial charge on any atom is -0.462 e. The van der Waals surface area contributed by atoms with Gasteiger partial charge >= 0.3 is 17.9 Å². The molecule has 1 unspecified atom stereocenters. The molecule has 0 aliphatic rings. The minimum absolute atomic E-state index is 0.104. The number of hydrogen-bond donors (Lipinski definition) is 0. The fraction of sp³-hybridized carbons (Fsp3) is 0.608. The molecule has 0 radical (unpaired) electrons. The predicted molar refractivity (Wildman–Crippen MR) is 348 cm³/mol. The molecule has 1 atom stereocenters. The second kappa shape index (κ2) is 66.5. The van der Waals surface area contributed by atoms with Crippen LogP contribution >= 0.6 is 0 Å². The van der Waals surface area contributed by atoms with E-state index in [0.29, 0.717) is 19.3 Å². The van der Waals surface area contributed by atoms with E-state index in [2.05, 4.69) is 179 Å². The first-order chi connectivity index (χ1) is 39.5. The topological polar surface area (TPSA) is 78.9 Å². The van der Waals surface area contributed by atoms with Gasteiger partial charge in [-0.2, -0.15) is 0 Å². The summed E-state index contributed by atoms with van der Waals surface area (Å²) >= 11 is 0. The van der Waals surface area contributed by atoms with Gasteiger partial charge in [0.2, 0.25) is 0 Å². The third kappa shape index (κ3) is 63.9. The maximum atomic E-state index is 12.9. The standard InChI is InChI=1S/C74H118O6/c1-4-7-10-13-16-19-22-25-28-30-32-33-34-35-36-37-38-39-40-41-43-44-46-49-52-55-58-61-64-67-73(76)79-70-71(69-78-72(75)66-63-60-57-54-51-48-27-24-21-18-15-12-9-6-3)80-74(77)68-65-62-59-56-53-50-47-45-42-31-29-26-23-20-17-14-11-8-5-2/h7-8,10-11,15-20,24-29,32-33,35-36,38-39,42,45,50,53,71H,4-6,9,12-14,21-23,30-31,34,37,40-41,43-44,46-49,51-52,54-70H2,1-3H3/b10-7-,11-8-,18-15-,19-16-,20-17-,27-24-,28-25-,29-26-,33-32-,36-35-,39-38-,45-42-,53-50-. The van der Waals surface area contributed by atoms with E-state index in [0.717, 1.165) is 161 Å². The molecular formula is C74H118O6. The molecule has 0 saturated carbocycles. The highest BCUT2D eigenvalue weighted by Gasteiger charge is 2.19. The van der Waals surface area contributed by atoms with Crippen LogP contribution in [0.1, 0.15) is 271 Å². The molecule has 0 amide bonds. The van der Waals surface area contributed by atoms with Crippen LogP contribution < -0.4 is 0 Å². The zero-order valence-corrected chi connectivity index (χ0v) is 51.5. The van der Waals surface area contributed by atoms with E-state index in [-0.39, 0.29) is 37.5 Å². The number of carbonyl (C=O) groups excluding carboxylic acids is 3. The molecule has 0 aliphatic heterocycles. The first-order valence-corrected chi connectivity index (χ1v) is 32.5. The summed E-state index contributed by atoms with van der Waals surface area (Å²) in [5.74, 6) is -0.957. The van der Waals surface area contributed by atoms with Gasteiger partial charge in [-0.15, -0.1) is 0 Å². The molecule has 6 heteroatoms. The molecule has 0 N–H and O–H groups in total. The Kier molecular flexibility index (Phi) is 62.4. The summed E-state index contributed by atoms with van der Waals surface area (Å²) < 4.78 is 16.9. The molecular weight excluding hydrogens is 985 g/mol. The summed E-state index contributed by atoms with van der Waals surface area (Å²) in [6.07, 6.45) is 96.7. The molecule has 0 aliphatic carbocycles. The van der Waals surface area contributed by atoms with E-state index in [4.69, 9.17) is 14.2 Å². The lowest BCUT2D eigenvalue weighted by molar-refractivity contribution is -0.167. The third-order valence-corrected chi connectivity index (χ3v) is 13.2. The number of carbonyl (C=O) groups is 3. The lowest BCUT2D eigenvalue weighted by Crippen LogP contribution is -2.30. The summed E-state index contributed by atoms with van der Waals surface area (Å²) in [6, 6.07) is 0. The largest absolute Gasteiger partial charge is 0.462 e. The smallest absolute Gasteiger partial charge is 0.306 e. The van der Waals surface area contributed by atoms with E-state index in [9.17, 15) is 14.4 Å². The van der Waals surface area contributed by atoms with Gasteiger partial charge in [-0.25, -0.2) is 0 Å². The maximum Gasteiger partial charge on any atom is 0.306 e. The lowest BCUT2D eigenvalue weighted by atomic mass is 10.1. The zero-order chi connectivity index (χ0) is 57.8. The van der Waals surface area contributed by atoms with Crippen LogP contribution in [0.3, 0.4) is 0 Å². The van der Waals surface area contributed by atoms with Crippen molar-refractivity contribution in [3.8, 4) is 0 Å². The van der Waals surface area contributed by atoms with Crippen molar-refractivity contribution < 1.29 is 28.6 Å². The van der Waals surface area contributed by atoms with Crippen LogP contribution in [0.5, 0.6) is 0 Å². The van der Waals surface area contributed by atoms with E-state index in [1.54, 1.807) is 0 Å². The Hall–Kier alpha value is -4.97. The van der Waals surface area contributed by atoms with Crippen LogP contribution in [-0.4, -0.2) is 37.2 Å². The Morgan fingerprint density at radius 3 is 0.775 bits per heavy atom. The van der Waals surface area contributed by atoms with Gasteiger partial charge in [0.1, 0.15) is 13.2 Å². The molecule has 0 bridgehead atoms. The van der Waals surface area contributed by atoms with Crippen molar-refractivity contribution in [1.82, 2.24) is 0 Å². The molecule has 80 heavy (non-hydrogen) atoms. The normalized spacial score (nSPS) is 13.2. The number of unbranched alkanes of at least 4 members (excludes halogenated alkanes) is 20. The van der Waals surface area contributed by atoms with Crippen LogP contribution in [0.15, 0.2) is 158 Å². The second-order valence-corrected chi connectivity index (χ2v) is 20.9. The number of ether oxygens (including phenoxy) is 3. The van der Waals surface area contributed by atoms with Crippen molar-refractivity contribution in [2.24, 2.45) is 0 Å². The number of esters is 3. The lowest BCUT2D eigenvalue weighted by Gasteiger charge is -2.18. The van der Waals surface area contributed by atoms with Gasteiger partial charge in [-0.3, -0.25) is 14.4 Å². The van der Waals surface area contributed by atoms with Crippen molar-refractivity contribution in [2.45, 2.75) is 277 Å². The van der Waals surface area contributed by atoms with E-state index in [1.807, 2.05) is 0 Å². The monoisotopic (exact) mass is 1100 g/mol. The number of hydrogen-bond acceptors (Lipinski definition) is 6. The van der Waals surface area contributed by atoms with Gasteiger partial charge < -0.3 is 14.2 Å². The highest BCUT2D eigenvalue weighted by molar-refractivity contribution is 5.71. The molecule has 0 heterocycles. The number of allylic oxidation sites excluding steroid dienone is 26. The Balaban J connectivity index is 4.40. The summed E-state index contributed by atoms with van der Waals surface area (Å²) in [4.78, 5) is 38.3. The van der Waals surface area contributed by atoms with E-state index in [1.165, 1.54) is 64.2 Å². The van der Waals surface area contributed by atoms with Gasteiger partial charge in [0.25, 0.3) is 0 Å². The van der Waals surface area contributed by atoms with Gasteiger partial charge in [0.05, 0.1) is 0 Å². The quantitative estimate of drug-likeness (QED) is 0.0261. The average molecular weight is 1100 g/mol. The molecule has 0 fully saturated rings. The van der Waals surface area contributed by atoms with Crippen molar-refractivity contribution in [2.75, 3.05) is 13.2 Å². The van der Waals surface area contributed by atoms with Gasteiger partial charge in [0, 0.05) is 19.3 Å². The van der Waals surface area contributed by atoms with Gasteiger partial charge in [0.15, 0.2) is 6.10 Å². The van der Waals surface area contributed by atoms with Crippen molar-refractivity contribution in [3.05, 3.63) is 158 Å². The Morgan fingerprint density at radius 2 is 0.487 bits per heavy atom. The molecule has 0 aromatic carbocycles. The molecule has 6 nitrogen and oxygen atoms in total. The van der Waals surface area contributed by atoms with Crippen molar-refractivity contribution >= 4 is 17.9 Å². The Labute approximate surface area is 492 Å². The Bertz CT molecular complexity index is 1790. The average Bonchev–Trinajstić information content (AvgIpc) is 3.46.